The van der Waals surface area contributed by atoms with E-state index in [1.54, 1.807) is 0 Å². The highest BCUT2D eigenvalue weighted by molar-refractivity contribution is 6.04. The van der Waals surface area contributed by atoms with Gasteiger partial charge in [0.25, 0.3) is 5.91 Å². The van der Waals surface area contributed by atoms with Crippen LogP contribution in [0.25, 0.3) is 10.9 Å². The summed E-state index contributed by atoms with van der Waals surface area (Å²) in [6.07, 6.45) is 9.08. The van der Waals surface area contributed by atoms with Gasteiger partial charge >= 0.3 is 0 Å². The minimum absolute atomic E-state index is 0.144. The fourth-order valence-corrected chi connectivity index (χ4v) is 4.03. The van der Waals surface area contributed by atoms with Gasteiger partial charge in [-0.3, -0.25) is 9.89 Å². The molecule has 6 nitrogen and oxygen atoms in total. The lowest BCUT2D eigenvalue weighted by molar-refractivity contribution is 0.0950. The Morgan fingerprint density at radius 2 is 2.08 bits per heavy atom. The summed E-state index contributed by atoms with van der Waals surface area (Å²) >= 11 is 0. The van der Waals surface area contributed by atoms with Crippen LogP contribution in [-0.2, 0) is 6.42 Å². The minimum Gasteiger partial charge on any atom is -0.350 e. The number of imidazole rings is 1. The van der Waals surface area contributed by atoms with Crippen LogP contribution in [0.3, 0.4) is 0 Å². The number of amides is 1. The van der Waals surface area contributed by atoms with Gasteiger partial charge in [0.15, 0.2) is 5.69 Å². The second-order valence-electron chi connectivity index (χ2n) is 7.10. The van der Waals surface area contributed by atoms with Crippen molar-refractivity contribution in [1.29, 1.82) is 0 Å². The molecule has 0 unspecified atom stereocenters. The Hall–Kier alpha value is -2.63. The zero-order chi connectivity index (χ0) is 17.9. The molecule has 0 radical (unpaired) electrons. The number of carbonyl (C=O) groups excluding carboxylic acids is 1. The van der Waals surface area contributed by atoms with Gasteiger partial charge in [0.2, 0.25) is 0 Å². The third-order valence-corrected chi connectivity index (χ3v) is 5.32. The molecule has 1 aliphatic rings. The molecule has 3 aromatic rings. The average Bonchev–Trinajstić information content (AvgIpc) is 3.26. The van der Waals surface area contributed by atoms with Crippen molar-refractivity contribution in [1.82, 2.24) is 25.1 Å². The van der Waals surface area contributed by atoms with Crippen molar-refractivity contribution in [2.45, 2.75) is 51.5 Å². The summed E-state index contributed by atoms with van der Waals surface area (Å²) in [5, 5.41) is 10.9. The lowest BCUT2D eigenvalue weighted by Crippen LogP contribution is -2.27. The highest BCUT2D eigenvalue weighted by atomic mass is 16.1. The van der Waals surface area contributed by atoms with Gasteiger partial charge < -0.3 is 9.88 Å². The van der Waals surface area contributed by atoms with Gasteiger partial charge in [-0.05, 0) is 25.8 Å². The Bertz CT molecular complexity index is 904. The summed E-state index contributed by atoms with van der Waals surface area (Å²) in [5.74, 6) is 0.927. The van der Waals surface area contributed by atoms with E-state index in [1.165, 1.54) is 37.8 Å². The zero-order valence-electron chi connectivity index (χ0n) is 15.2. The Morgan fingerprint density at radius 1 is 1.27 bits per heavy atom. The Morgan fingerprint density at radius 3 is 2.92 bits per heavy atom. The van der Waals surface area contributed by atoms with Crippen LogP contribution in [0.5, 0.6) is 0 Å². The molecule has 26 heavy (non-hydrogen) atoms. The fourth-order valence-electron chi connectivity index (χ4n) is 4.03. The van der Waals surface area contributed by atoms with Crippen LogP contribution in [-0.4, -0.2) is 32.2 Å². The predicted molar refractivity (Wildman–Crippen MR) is 101 cm³/mol. The Kier molecular flexibility index (Phi) is 4.73. The van der Waals surface area contributed by atoms with Crippen LogP contribution in [0.2, 0.25) is 0 Å². The number of nitrogens with one attached hydrogen (secondary N) is 2. The zero-order valence-corrected chi connectivity index (χ0v) is 15.2. The second kappa shape index (κ2) is 7.32. The molecule has 0 bridgehead atoms. The van der Waals surface area contributed by atoms with Crippen molar-refractivity contribution in [3.63, 3.8) is 0 Å². The summed E-state index contributed by atoms with van der Waals surface area (Å²) in [7, 11) is 0. The first-order valence-corrected chi connectivity index (χ1v) is 9.48. The van der Waals surface area contributed by atoms with Crippen molar-refractivity contribution in [2.24, 2.45) is 0 Å². The summed E-state index contributed by atoms with van der Waals surface area (Å²) in [4.78, 5) is 17.1. The molecule has 136 valence electrons. The molecule has 2 heterocycles. The number of para-hydroxylation sites is 1. The van der Waals surface area contributed by atoms with Gasteiger partial charge in [-0.2, -0.15) is 5.10 Å². The van der Waals surface area contributed by atoms with E-state index in [0.29, 0.717) is 18.3 Å². The SMILES string of the molecule is Cc1cnc(CCNC(=O)c2n[nH]c3ccccc23)n1C1CCCCC1. The number of hydrogen-bond acceptors (Lipinski definition) is 3. The molecule has 2 aromatic heterocycles. The van der Waals surface area contributed by atoms with Gasteiger partial charge in [0, 0.05) is 36.3 Å². The van der Waals surface area contributed by atoms with Gasteiger partial charge in [-0.1, -0.05) is 37.5 Å². The number of aromatic nitrogens is 4. The van der Waals surface area contributed by atoms with Crippen LogP contribution >= 0.6 is 0 Å². The molecule has 1 fully saturated rings. The number of rotatable bonds is 5. The second-order valence-corrected chi connectivity index (χ2v) is 7.10. The van der Waals surface area contributed by atoms with Crippen molar-refractivity contribution < 1.29 is 4.79 Å². The first-order valence-electron chi connectivity index (χ1n) is 9.48. The molecule has 6 heteroatoms. The molecular weight excluding hydrogens is 326 g/mol. The maximum Gasteiger partial charge on any atom is 0.272 e. The van der Waals surface area contributed by atoms with Crippen molar-refractivity contribution in [3.05, 3.63) is 47.7 Å². The number of carbonyl (C=O) groups is 1. The maximum absolute atomic E-state index is 12.5. The van der Waals surface area contributed by atoms with E-state index in [-0.39, 0.29) is 5.91 Å². The first-order chi connectivity index (χ1) is 12.7. The molecule has 4 rings (SSSR count). The highest BCUT2D eigenvalue weighted by Crippen LogP contribution is 2.30. The van der Waals surface area contributed by atoms with Crippen LogP contribution in [0.15, 0.2) is 30.5 Å². The summed E-state index contributed by atoms with van der Waals surface area (Å²) in [5.41, 5.74) is 2.55. The van der Waals surface area contributed by atoms with E-state index in [9.17, 15) is 4.79 Å². The number of fused-ring (bicyclic) bond motifs is 1. The fraction of sp³-hybridized carbons (Fsp3) is 0.450. The molecule has 0 saturated heterocycles. The summed E-state index contributed by atoms with van der Waals surface area (Å²) in [6.45, 7) is 2.68. The van der Waals surface area contributed by atoms with E-state index < -0.39 is 0 Å². The Balaban J connectivity index is 1.41. The molecule has 0 atom stereocenters. The molecule has 2 N–H and O–H groups in total. The topological polar surface area (TPSA) is 75.6 Å². The van der Waals surface area contributed by atoms with Gasteiger partial charge in [-0.25, -0.2) is 4.98 Å². The van der Waals surface area contributed by atoms with Gasteiger partial charge in [0.1, 0.15) is 5.82 Å². The van der Waals surface area contributed by atoms with E-state index >= 15 is 0 Å². The minimum atomic E-state index is -0.144. The van der Waals surface area contributed by atoms with E-state index in [1.807, 2.05) is 30.5 Å². The summed E-state index contributed by atoms with van der Waals surface area (Å²) < 4.78 is 2.38. The van der Waals surface area contributed by atoms with Crippen LogP contribution in [0, 0.1) is 6.92 Å². The van der Waals surface area contributed by atoms with Gasteiger partial charge in [-0.15, -0.1) is 0 Å². The number of benzene rings is 1. The van der Waals surface area contributed by atoms with E-state index in [0.717, 1.165) is 23.1 Å². The smallest absolute Gasteiger partial charge is 0.272 e. The number of nitrogens with zero attached hydrogens (tertiary/aromatic N) is 3. The number of aromatic amines is 1. The lowest BCUT2D eigenvalue weighted by atomic mass is 9.95. The first kappa shape index (κ1) is 16.8. The number of hydrogen-bond donors (Lipinski definition) is 2. The van der Waals surface area contributed by atoms with Crippen molar-refractivity contribution >= 4 is 16.8 Å². The summed E-state index contributed by atoms with van der Waals surface area (Å²) in [6, 6.07) is 8.23. The van der Waals surface area contributed by atoms with Gasteiger partial charge in [0.05, 0.1) is 5.52 Å². The molecular formula is C20H25N5O. The monoisotopic (exact) mass is 351 g/mol. The number of H-pyrrole nitrogens is 1. The third-order valence-electron chi connectivity index (χ3n) is 5.32. The van der Waals surface area contributed by atoms with Crippen LogP contribution in [0.4, 0.5) is 0 Å². The molecule has 1 aliphatic carbocycles. The quantitative estimate of drug-likeness (QED) is 0.738. The molecule has 1 amide bonds. The average molecular weight is 351 g/mol. The third kappa shape index (κ3) is 3.23. The largest absolute Gasteiger partial charge is 0.350 e. The Labute approximate surface area is 153 Å². The van der Waals surface area contributed by atoms with E-state index in [4.69, 9.17) is 0 Å². The molecule has 0 aliphatic heterocycles. The molecule has 1 saturated carbocycles. The number of aryl methyl sites for hydroxylation is 1. The van der Waals surface area contributed by atoms with Crippen molar-refractivity contribution in [2.75, 3.05) is 6.54 Å². The highest BCUT2D eigenvalue weighted by Gasteiger charge is 2.20. The molecule has 1 aromatic carbocycles. The van der Waals surface area contributed by atoms with Crippen LogP contribution < -0.4 is 5.32 Å². The molecule has 0 spiro atoms. The standard InChI is InChI=1S/C20H25N5O/c1-14-13-22-18(25(14)15-7-3-2-4-8-15)11-12-21-20(26)19-16-9-5-6-10-17(16)23-24-19/h5-6,9-10,13,15H,2-4,7-8,11-12H2,1H3,(H,21,26)(H,23,24). The van der Waals surface area contributed by atoms with Crippen molar-refractivity contribution in [3.8, 4) is 0 Å². The van der Waals surface area contributed by atoms with Crippen LogP contribution in [0.1, 0.15) is 60.2 Å². The normalized spacial score (nSPS) is 15.4. The lowest BCUT2D eigenvalue weighted by Gasteiger charge is -2.26. The maximum atomic E-state index is 12.5. The van der Waals surface area contributed by atoms with E-state index in [2.05, 4.69) is 32.0 Å². The predicted octanol–water partition coefficient (Wildman–Crippen LogP) is 3.55.